The second-order valence-corrected chi connectivity index (χ2v) is 5.09. The van der Waals surface area contributed by atoms with Gasteiger partial charge in [0.2, 0.25) is 0 Å². The second-order valence-electron chi connectivity index (χ2n) is 5.09. The van der Waals surface area contributed by atoms with Gasteiger partial charge in [-0.05, 0) is 30.2 Å². The predicted octanol–water partition coefficient (Wildman–Crippen LogP) is 2.67. The van der Waals surface area contributed by atoms with E-state index in [0.717, 1.165) is 22.9 Å². The molecule has 0 radical (unpaired) electrons. The largest absolute Gasteiger partial charge is 0.372 e. The van der Waals surface area contributed by atoms with Crippen LogP contribution >= 0.6 is 0 Å². The average molecular weight is 278 g/mol. The molecule has 3 heterocycles. The smallest absolute Gasteiger partial charge is 0.147 e. The Balaban J connectivity index is 1.80. The molecule has 0 bridgehead atoms. The Kier molecular flexibility index (Phi) is 2.79. The number of hydrogen-bond donors (Lipinski definition) is 0. The molecular formula is C16H14N4O. The second kappa shape index (κ2) is 4.79. The lowest BCUT2D eigenvalue weighted by molar-refractivity contribution is 0.134. The van der Waals surface area contributed by atoms with Crippen molar-refractivity contribution in [3.8, 4) is 17.1 Å². The van der Waals surface area contributed by atoms with Crippen LogP contribution in [0.3, 0.4) is 0 Å². The minimum Gasteiger partial charge on any atom is -0.372 e. The number of aryl methyl sites for hydroxylation is 1. The van der Waals surface area contributed by atoms with E-state index < -0.39 is 0 Å². The quantitative estimate of drug-likeness (QED) is 0.723. The van der Waals surface area contributed by atoms with Gasteiger partial charge in [-0.25, -0.2) is 15.0 Å². The van der Waals surface area contributed by atoms with Gasteiger partial charge < -0.3 is 4.74 Å². The summed E-state index contributed by atoms with van der Waals surface area (Å²) in [6.07, 6.45) is 7.35. The zero-order valence-corrected chi connectivity index (χ0v) is 11.7. The van der Waals surface area contributed by atoms with Crippen molar-refractivity contribution in [2.45, 2.75) is 20.1 Å². The van der Waals surface area contributed by atoms with Gasteiger partial charge in [0.05, 0.1) is 18.8 Å². The third kappa shape index (κ3) is 2.11. The van der Waals surface area contributed by atoms with Crippen molar-refractivity contribution in [1.82, 2.24) is 19.5 Å². The minimum atomic E-state index is 0.681. The number of ether oxygens (including phenoxy) is 1. The van der Waals surface area contributed by atoms with Crippen molar-refractivity contribution in [3.05, 3.63) is 59.9 Å². The maximum atomic E-state index is 5.47. The highest BCUT2D eigenvalue weighted by molar-refractivity contribution is 5.57. The first kappa shape index (κ1) is 12.2. The Morgan fingerprint density at radius 1 is 1.05 bits per heavy atom. The molecule has 3 aromatic rings. The lowest BCUT2D eigenvalue weighted by Gasteiger charge is -2.09. The summed E-state index contributed by atoms with van der Waals surface area (Å²) >= 11 is 0. The average Bonchev–Trinajstić information content (AvgIpc) is 3.16. The molecule has 2 aromatic heterocycles. The highest BCUT2D eigenvalue weighted by Gasteiger charge is 2.14. The Labute approximate surface area is 122 Å². The summed E-state index contributed by atoms with van der Waals surface area (Å²) in [5.74, 6) is 1.60. The van der Waals surface area contributed by atoms with Crippen LogP contribution in [0.5, 0.6) is 0 Å². The third-order valence-corrected chi connectivity index (χ3v) is 3.66. The number of rotatable bonds is 2. The van der Waals surface area contributed by atoms with E-state index in [-0.39, 0.29) is 0 Å². The van der Waals surface area contributed by atoms with Crippen LogP contribution in [0.2, 0.25) is 0 Å². The summed E-state index contributed by atoms with van der Waals surface area (Å²) < 4.78 is 7.52. The van der Waals surface area contributed by atoms with E-state index in [4.69, 9.17) is 4.74 Å². The molecule has 0 saturated carbocycles. The topological polar surface area (TPSA) is 52.8 Å². The minimum absolute atomic E-state index is 0.681. The van der Waals surface area contributed by atoms with Gasteiger partial charge in [0.1, 0.15) is 11.6 Å². The van der Waals surface area contributed by atoms with Crippen LogP contribution in [-0.4, -0.2) is 19.5 Å². The summed E-state index contributed by atoms with van der Waals surface area (Å²) in [5.41, 5.74) is 4.49. The number of imidazole rings is 1. The lowest BCUT2D eigenvalue weighted by Crippen LogP contribution is -1.99. The Hall–Kier alpha value is -2.53. The molecule has 5 heteroatoms. The molecule has 0 amide bonds. The molecule has 0 atom stereocenters. The first-order valence-corrected chi connectivity index (χ1v) is 6.83. The fourth-order valence-electron chi connectivity index (χ4n) is 2.54. The Morgan fingerprint density at radius 3 is 2.71 bits per heavy atom. The fourth-order valence-corrected chi connectivity index (χ4v) is 2.54. The summed E-state index contributed by atoms with van der Waals surface area (Å²) in [6.45, 7) is 3.26. The molecule has 5 nitrogen and oxygen atoms in total. The monoisotopic (exact) mass is 278 g/mol. The number of aromatic nitrogens is 4. The molecule has 0 spiro atoms. The summed E-state index contributed by atoms with van der Waals surface area (Å²) in [4.78, 5) is 12.9. The van der Waals surface area contributed by atoms with Crippen molar-refractivity contribution in [1.29, 1.82) is 0 Å². The van der Waals surface area contributed by atoms with E-state index in [1.54, 1.807) is 18.6 Å². The van der Waals surface area contributed by atoms with Crippen molar-refractivity contribution in [2.75, 3.05) is 0 Å². The van der Waals surface area contributed by atoms with Gasteiger partial charge in [0.25, 0.3) is 0 Å². The Bertz CT molecular complexity index is 792. The van der Waals surface area contributed by atoms with Gasteiger partial charge >= 0.3 is 0 Å². The zero-order valence-electron chi connectivity index (χ0n) is 11.7. The van der Waals surface area contributed by atoms with Crippen LogP contribution in [0.15, 0.2) is 43.0 Å². The highest BCUT2D eigenvalue weighted by Crippen LogP contribution is 2.25. The number of nitrogens with zero attached hydrogens (tertiary/aromatic N) is 4. The number of benzene rings is 1. The molecule has 104 valence electrons. The van der Waals surface area contributed by atoms with Crippen LogP contribution < -0.4 is 0 Å². The normalized spacial score (nSPS) is 13.4. The molecule has 1 aliphatic rings. The Morgan fingerprint density at radius 2 is 1.86 bits per heavy atom. The van der Waals surface area contributed by atoms with Crippen molar-refractivity contribution in [3.63, 3.8) is 0 Å². The standard InChI is InChI=1S/C16H14N4O/c1-11-18-7-14(8-19-11)16-17-4-5-20(16)15-3-2-12-9-21-10-13(12)6-15/h2-8H,9-10H2,1H3. The zero-order chi connectivity index (χ0) is 14.2. The van der Waals surface area contributed by atoms with Crippen molar-refractivity contribution < 1.29 is 4.74 Å². The highest BCUT2D eigenvalue weighted by atomic mass is 16.5. The van der Waals surface area contributed by atoms with Crippen molar-refractivity contribution in [2.24, 2.45) is 0 Å². The predicted molar refractivity (Wildman–Crippen MR) is 77.8 cm³/mol. The molecule has 21 heavy (non-hydrogen) atoms. The van der Waals surface area contributed by atoms with Gasteiger partial charge in [0, 0.05) is 30.5 Å². The molecule has 0 unspecified atom stereocenters. The van der Waals surface area contributed by atoms with E-state index in [1.165, 1.54) is 11.1 Å². The molecule has 4 rings (SSSR count). The maximum absolute atomic E-state index is 5.47. The lowest BCUT2D eigenvalue weighted by atomic mass is 10.1. The first-order valence-electron chi connectivity index (χ1n) is 6.83. The summed E-state index contributed by atoms with van der Waals surface area (Å²) in [6, 6.07) is 6.36. The molecule has 0 N–H and O–H groups in total. The first-order chi connectivity index (χ1) is 10.3. The van der Waals surface area contributed by atoms with E-state index >= 15 is 0 Å². The number of hydrogen-bond acceptors (Lipinski definition) is 4. The fraction of sp³-hybridized carbons (Fsp3) is 0.188. The van der Waals surface area contributed by atoms with Gasteiger partial charge in [-0.15, -0.1) is 0 Å². The van der Waals surface area contributed by atoms with E-state index in [2.05, 4.69) is 33.2 Å². The maximum Gasteiger partial charge on any atom is 0.147 e. The van der Waals surface area contributed by atoms with Crippen LogP contribution in [0.25, 0.3) is 17.1 Å². The molecule has 0 fully saturated rings. The van der Waals surface area contributed by atoms with Crippen LogP contribution in [0, 0.1) is 6.92 Å². The molecule has 0 saturated heterocycles. The van der Waals surface area contributed by atoms with Crippen LogP contribution in [0.1, 0.15) is 17.0 Å². The molecule has 0 aliphatic carbocycles. The third-order valence-electron chi connectivity index (χ3n) is 3.66. The molecule has 1 aliphatic heterocycles. The summed E-state index contributed by atoms with van der Waals surface area (Å²) in [7, 11) is 0. The number of fused-ring (bicyclic) bond motifs is 1. The van der Waals surface area contributed by atoms with Crippen LogP contribution in [-0.2, 0) is 18.0 Å². The van der Waals surface area contributed by atoms with Gasteiger partial charge in [0.15, 0.2) is 0 Å². The summed E-state index contributed by atoms with van der Waals surface area (Å²) in [5, 5.41) is 0. The van der Waals surface area contributed by atoms with E-state index in [9.17, 15) is 0 Å². The molecule has 1 aromatic carbocycles. The van der Waals surface area contributed by atoms with E-state index in [0.29, 0.717) is 13.2 Å². The molecular weight excluding hydrogens is 264 g/mol. The SMILES string of the molecule is Cc1ncc(-c2nccn2-c2ccc3c(c2)COC3)cn1. The van der Waals surface area contributed by atoms with Crippen LogP contribution in [0.4, 0.5) is 0 Å². The van der Waals surface area contributed by atoms with Gasteiger partial charge in [-0.3, -0.25) is 4.57 Å². The van der Waals surface area contributed by atoms with Gasteiger partial charge in [-0.2, -0.15) is 0 Å². The van der Waals surface area contributed by atoms with Crippen molar-refractivity contribution >= 4 is 0 Å². The van der Waals surface area contributed by atoms with Gasteiger partial charge in [-0.1, -0.05) is 6.07 Å². The van der Waals surface area contributed by atoms with E-state index in [1.807, 2.05) is 17.7 Å².